The first kappa shape index (κ1) is 15.3. The standard InChI is InChI=1S/C11H18N2O3S2/c1-4-13(5-2)17(16-3)12-18(14,15)11-9-7-6-8-10-11/h6-10H,4-5H2,1-3H3. The summed E-state index contributed by atoms with van der Waals surface area (Å²) in [7, 11) is -2.20. The van der Waals surface area contributed by atoms with Gasteiger partial charge in [0.05, 0.1) is 12.0 Å². The third-order valence-corrected chi connectivity index (χ3v) is 5.70. The summed E-state index contributed by atoms with van der Waals surface area (Å²) in [6.07, 6.45) is 0. The molecule has 1 aromatic rings. The lowest BCUT2D eigenvalue weighted by molar-refractivity contribution is 0.406. The summed E-state index contributed by atoms with van der Waals surface area (Å²) in [5.41, 5.74) is 0. The minimum absolute atomic E-state index is 0.187. The first-order valence-electron chi connectivity index (χ1n) is 5.62. The molecule has 0 aliphatic carbocycles. The zero-order valence-electron chi connectivity index (χ0n) is 10.7. The van der Waals surface area contributed by atoms with Gasteiger partial charge in [0, 0.05) is 13.1 Å². The van der Waals surface area contributed by atoms with Crippen molar-refractivity contribution in [2.75, 3.05) is 20.2 Å². The molecule has 0 spiro atoms. The van der Waals surface area contributed by atoms with Gasteiger partial charge in [-0.3, -0.25) is 4.18 Å². The summed E-state index contributed by atoms with van der Waals surface area (Å²) in [4.78, 5) is 0.187. The van der Waals surface area contributed by atoms with E-state index < -0.39 is 21.2 Å². The largest absolute Gasteiger partial charge is 0.297 e. The normalized spacial score (nSPS) is 14.0. The van der Waals surface area contributed by atoms with E-state index in [9.17, 15) is 8.42 Å². The van der Waals surface area contributed by atoms with Gasteiger partial charge in [-0.1, -0.05) is 35.8 Å². The van der Waals surface area contributed by atoms with Crippen molar-refractivity contribution in [3.63, 3.8) is 0 Å². The van der Waals surface area contributed by atoms with Crippen LogP contribution in [0.2, 0.25) is 0 Å². The fraction of sp³-hybridized carbons (Fsp3) is 0.455. The molecule has 0 amide bonds. The zero-order valence-corrected chi connectivity index (χ0v) is 12.4. The van der Waals surface area contributed by atoms with Gasteiger partial charge in [-0.05, 0) is 12.1 Å². The van der Waals surface area contributed by atoms with E-state index in [2.05, 4.69) is 3.77 Å². The predicted molar refractivity (Wildman–Crippen MR) is 73.4 cm³/mol. The SMILES string of the molecule is CCN(CC)S(=NS(=O)(=O)c1ccccc1)OC. The van der Waals surface area contributed by atoms with Crippen molar-refractivity contribution in [1.82, 2.24) is 4.31 Å². The topological polar surface area (TPSA) is 59.0 Å². The Hall–Kier alpha value is -0.760. The van der Waals surface area contributed by atoms with Gasteiger partial charge in [0.15, 0.2) is 0 Å². The smallest absolute Gasteiger partial charge is 0.290 e. The lowest BCUT2D eigenvalue weighted by Gasteiger charge is -2.18. The van der Waals surface area contributed by atoms with E-state index in [-0.39, 0.29) is 4.90 Å². The molecule has 0 saturated heterocycles. The van der Waals surface area contributed by atoms with E-state index >= 15 is 0 Å². The maximum Gasteiger partial charge on any atom is 0.290 e. The molecule has 0 saturated carbocycles. The molecule has 7 heteroatoms. The highest BCUT2D eigenvalue weighted by Gasteiger charge is 2.16. The molecule has 102 valence electrons. The Labute approximate surface area is 111 Å². The van der Waals surface area contributed by atoms with Gasteiger partial charge in [0.1, 0.15) is 11.2 Å². The molecule has 0 aliphatic rings. The molecule has 0 aromatic heterocycles. The van der Waals surface area contributed by atoms with Crippen molar-refractivity contribution in [1.29, 1.82) is 0 Å². The van der Waals surface area contributed by atoms with Gasteiger partial charge in [-0.2, -0.15) is 8.42 Å². The second-order valence-corrected chi connectivity index (χ2v) is 6.70. The molecular weight excluding hydrogens is 272 g/mol. The Balaban J connectivity index is 3.13. The van der Waals surface area contributed by atoms with Crippen LogP contribution in [0.15, 0.2) is 39.0 Å². The fourth-order valence-electron chi connectivity index (χ4n) is 1.35. The summed E-state index contributed by atoms with van der Waals surface area (Å²) in [6, 6.07) is 8.16. The minimum atomic E-state index is -3.67. The first-order valence-corrected chi connectivity index (χ1v) is 8.12. The van der Waals surface area contributed by atoms with E-state index in [1.807, 2.05) is 18.2 Å². The molecule has 5 nitrogen and oxygen atoms in total. The quantitative estimate of drug-likeness (QED) is 0.804. The van der Waals surface area contributed by atoms with Crippen molar-refractivity contribution in [3.05, 3.63) is 30.3 Å². The highest BCUT2D eigenvalue weighted by molar-refractivity contribution is 7.97. The van der Waals surface area contributed by atoms with Crippen molar-refractivity contribution in [2.24, 2.45) is 3.77 Å². The minimum Gasteiger partial charge on any atom is -0.297 e. The molecule has 0 fully saturated rings. The number of hydrogen-bond acceptors (Lipinski definition) is 3. The lowest BCUT2D eigenvalue weighted by atomic mass is 10.4. The molecule has 0 bridgehead atoms. The Morgan fingerprint density at radius 1 is 1.22 bits per heavy atom. The van der Waals surface area contributed by atoms with Gasteiger partial charge in [0.25, 0.3) is 10.0 Å². The van der Waals surface area contributed by atoms with Crippen LogP contribution in [-0.4, -0.2) is 32.9 Å². The number of rotatable bonds is 6. The van der Waals surface area contributed by atoms with E-state index in [1.165, 1.54) is 19.2 Å². The fourth-order valence-corrected chi connectivity index (χ4v) is 4.14. The summed E-state index contributed by atoms with van der Waals surface area (Å²) in [5.74, 6) is 0. The summed E-state index contributed by atoms with van der Waals surface area (Å²) in [5, 5.41) is 0. The van der Waals surface area contributed by atoms with Crippen LogP contribution in [0.4, 0.5) is 0 Å². The monoisotopic (exact) mass is 290 g/mol. The van der Waals surface area contributed by atoms with Crippen molar-refractivity contribution >= 4 is 21.2 Å². The highest BCUT2D eigenvalue weighted by Crippen LogP contribution is 2.14. The summed E-state index contributed by atoms with van der Waals surface area (Å²) in [6.45, 7) is 5.24. The molecule has 1 aromatic carbocycles. The van der Waals surface area contributed by atoms with Gasteiger partial charge in [-0.25, -0.2) is 4.31 Å². The van der Waals surface area contributed by atoms with Crippen LogP contribution in [-0.2, 0) is 25.4 Å². The van der Waals surface area contributed by atoms with Gasteiger partial charge in [0.2, 0.25) is 0 Å². The number of nitrogens with zero attached hydrogens (tertiary/aromatic N) is 2. The lowest BCUT2D eigenvalue weighted by Crippen LogP contribution is -2.26. The number of sulfonamides is 1. The van der Waals surface area contributed by atoms with E-state index in [1.54, 1.807) is 18.2 Å². The summed E-state index contributed by atoms with van der Waals surface area (Å²) >= 11 is -1.07. The summed E-state index contributed by atoms with van der Waals surface area (Å²) < 4.78 is 35.0. The number of benzene rings is 1. The Kier molecular flexibility index (Phi) is 5.94. The molecule has 1 atom stereocenters. The Morgan fingerprint density at radius 2 is 1.78 bits per heavy atom. The van der Waals surface area contributed by atoms with Crippen molar-refractivity contribution < 1.29 is 12.6 Å². The third-order valence-electron chi connectivity index (χ3n) is 2.28. The molecule has 0 heterocycles. The third kappa shape index (κ3) is 3.88. The van der Waals surface area contributed by atoms with Gasteiger partial charge in [-0.15, -0.1) is 0 Å². The van der Waals surface area contributed by atoms with Crippen molar-refractivity contribution in [3.8, 4) is 0 Å². The molecule has 18 heavy (non-hydrogen) atoms. The van der Waals surface area contributed by atoms with Crippen LogP contribution in [0, 0.1) is 0 Å². The van der Waals surface area contributed by atoms with Crippen LogP contribution in [0.3, 0.4) is 0 Å². The van der Waals surface area contributed by atoms with Crippen LogP contribution in [0.5, 0.6) is 0 Å². The second kappa shape index (κ2) is 6.98. The second-order valence-electron chi connectivity index (χ2n) is 3.37. The Morgan fingerprint density at radius 3 is 2.22 bits per heavy atom. The highest BCUT2D eigenvalue weighted by atomic mass is 32.3. The molecule has 1 unspecified atom stereocenters. The van der Waals surface area contributed by atoms with Crippen LogP contribution >= 0.6 is 0 Å². The van der Waals surface area contributed by atoms with Gasteiger partial charge < -0.3 is 0 Å². The number of hydrogen-bond donors (Lipinski definition) is 0. The van der Waals surface area contributed by atoms with E-state index in [4.69, 9.17) is 4.18 Å². The van der Waals surface area contributed by atoms with Crippen LogP contribution in [0.25, 0.3) is 0 Å². The zero-order chi connectivity index (χ0) is 13.6. The van der Waals surface area contributed by atoms with Crippen LogP contribution in [0.1, 0.15) is 13.8 Å². The molecule has 0 N–H and O–H groups in total. The molecular formula is C11H18N2O3S2. The maximum absolute atomic E-state index is 12.1. The van der Waals surface area contributed by atoms with Gasteiger partial charge >= 0.3 is 0 Å². The van der Waals surface area contributed by atoms with E-state index in [0.717, 1.165) is 0 Å². The van der Waals surface area contributed by atoms with Crippen molar-refractivity contribution in [2.45, 2.75) is 18.7 Å². The Bertz CT molecular complexity index is 496. The van der Waals surface area contributed by atoms with Crippen LogP contribution < -0.4 is 0 Å². The predicted octanol–water partition coefficient (Wildman–Crippen LogP) is 2.00. The first-order chi connectivity index (χ1) is 8.55. The maximum atomic E-state index is 12.1. The average molecular weight is 290 g/mol. The average Bonchev–Trinajstić information content (AvgIpc) is 2.39. The van der Waals surface area contributed by atoms with E-state index in [0.29, 0.717) is 13.1 Å². The molecule has 0 aliphatic heterocycles. The molecule has 0 radical (unpaired) electrons. The molecule has 1 rings (SSSR count).